The molecule has 0 aromatic heterocycles. The van der Waals surface area contributed by atoms with Gasteiger partial charge in [-0.25, -0.2) is 4.21 Å². The first kappa shape index (κ1) is 17.2. The zero-order chi connectivity index (χ0) is 16.4. The van der Waals surface area contributed by atoms with Gasteiger partial charge < -0.3 is 0 Å². The lowest BCUT2D eigenvalue weighted by Gasteiger charge is -2.06. The molecule has 4 nitrogen and oxygen atoms in total. The largest absolute Gasteiger partial charge is 0.290 e. The molecule has 0 saturated heterocycles. The highest BCUT2D eigenvalue weighted by Gasteiger charge is 2.17. The monoisotopic (exact) mass is 401 g/mol. The van der Waals surface area contributed by atoms with Crippen LogP contribution in [0.1, 0.15) is 11.1 Å². The van der Waals surface area contributed by atoms with Gasteiger partial charge in [0, 0.05) is 16.5 Å². The fraction of sp³-hybridized carbons (Fsp3) is 0.200. The van der Waals surface area contributed by atoms with Crippen LogP contribution < -0.4 is 0 Å². The highest BCUT2D eigenvalue weighted by molar-refractivity contribution is 9.08. The zero-order valence-electron chi connectivity index (χ0n) is 12.2. The summed E-state index contributed by atoms with van der Waals surface area (Å²) in [5.74, 6) is 0. The van der Waals surface area contributed by atoms with Crippen molar-refractivity contribution in [2.75, 3.05) is 6.26 Å². The molecule has 0 unspecified atom stereocenters. The van der Waals surface area contributed by atoms with Crippen molar-refractivity contribution in [2.45, 2.75) is 22.0 Å². The summed E-state index contributed by atoms with van der Waals surface area (Å²) < 4.78 is 40.9. The summed E-state index contributed by atoms with van der Waals surface area (Å²) in [5.41, 5.74) is 1.96. The van der Waals surface area contributed by atoms with Crippen LogP contribution in [0.3, 0.4) is 0 Å². The van der Waals surface area contributed by atoms with Gasteiger partial charge in [-0.1, -0.05) is 45.8 Å². The van der Waals surface area contributed by atoms with E-state index in [1.165, 1.54) is 18.4 Å². The smallest absolute Gasteiger partial charge is 0.244 e. The van der Waals surface area contributed by atoms with Crippen LogP contribution >= 0.6 is 15.9 Å². The highest BCUT2D eigenvalue weighted by atomic mass is 79.9. The van der Waals surface area contributed by atoms with Crippen LogP contribution in [0.15, 0.2) is 62.1 Å². The summed E-state index contributed by atoms with van der Waals surface area (Å²) in [4.78, 5) is 0.442. The number of rotatable bonds is 4. The predicted molar refractivity (Wildman–Crippen MR) is 92.2 cm³/mol. The number of hydrogen-bond donors (Lipinski definition) is 0. The van der Waals surface area contributed by atoms with Gasteiger partial charge in [-0.05, 0) is 36.8 Å². The minimum atomic E-state index is -3.96. The first-order chi connectivity index (χ1) is 10.2. The molecule has 0 saturated carbocycles. The summed E-state index contributed by atoms with van der Waals surface area (Å²) in [6.45, 7) is 1.86. The molecular weight excluding hydrogens is 386 g/mol. The van der Waals surface area contributed by atoms with E-state index in [0.29, 0.717) is 10.2 Å². The molecule has 1 atom stereocenters. The van der Waals surface area contributed by atoms with E-state index in [4.69, 9.17) is 0 Å². The normalized spacial score (nSPS) is 14.3. The number of alkyl halides is 1. The maximum Gasteiger partial charge on any atom is 0.290 e. The third kappa shape index (κ3) is 3.97. The Morgan fingerprint density at radius 2 is 1.41 bits per heavy atom. The summed E-state index contributed by atoms with van der Waals surface area (Å²) in [6.07, 6.45) is 1.34. The zero-order valence-corrected chi connectivity index (χ0v) is 15.4. The van der Waals surface area contributed by atoms with Crippen molar-refractivity contribution in [1.82, 2.24) is 0 Å². The number of benzene rings is 2. The molecule has 0 spiro atoms. The number of hydrogen-bond acceptors (Lipinski definition) is 3. The SMILES string of the molecule is Cc1ccc(S(=O)(=O)N=[S@@](C)(=O)c2ccc(CBr)cc2)cc1. The minimum absolute atomic E-state index is 0.0461. The Bertz CT molecular complexity index is 879. The van der Waals surface area contributed by atoms with Gasteiger partial charge in [-0.3, -0.25) is 0 Å². The van der Waals surface area contributed by atoms with Crippen molar-refractivity contribution in [3.05, 3.63) is 59.7 Å². The molecule has 0 fully saturated rings. The van der Waals surface area contributed by atoms with E-state index in [1.807, 2.05) is 6.92 Å². The van der Waals surface area contributed by atoms with Crippen molar-refractivity contribution in [1.29, 1.82) is 0 Å². The molecule has 0 aliphatic carbocycles. The van der Waals surface area contributed by atoms with Crippen LogP contribution in [0.2, 0.25) is 0 Å². The lowest BCUT2D eigenvalue weighted by Crippen LogP contribution is -2.05. The Balaban J connectivity index is 2.48. The molecule has 0 radical (unpaired) electrons. The topological polar surface area (TPSA) is 63.6 Å². The molecule has 0 N–H and O–H groups in total. The maximum atomic E-state index is 12.7. The quantitative estimate of drug-likeness (QED) is 0.732. The second kappa shape index (κ2) is 6.52. The van der Waals surface area contributed by atoms with Gasteiger partial charge in [0.25, 0.3) is 10.0 Å². The van der Waals surface area contributed by atoms with E-state index in [2.05, 4.69) is 19.7 Å². The van der Waals surface area contributed by atoms with Gasteiger partial charge in [0.15, 0.2) is 0 Å². The standard InChI is InChI=1S/C15H16BrNO3S2/c1-12-3-7-15(8-4-12)22(19,20)17-21(2,18)14-9-5-13(11-16)6-10-14/h3-10H,11H2,1-2H3/t21-/m0/s1. The molecule has 2 aromatic carbocycles. The fourth-order valence-corrected chi connectivity index (χ4v) is 5.50. The first-order valence-corrected chi connectivity index (χ1v) is 10.9. The molecule has 0 heterocycles. The van der Waals surface area contributed by atoms with Crippen molar-refractivity contribution in [2.24, 2.45) is 3.77 Å². The van der Waals surface area contributed by atoms with Gasteiger partial charge in [-0.15, -0.1) is 3.77 Å². The lowest BCUT2D eigenvalue weighted by atomic mass is 10.2. The Morgan fingerprint density at radius 1 is 0.909 bits per heavy atom. The van der Waals surface area contributed by atoms with E-state index in [9.17, 15) is 12.6 Å². The minimum Gasteiger partial charge on any atom is -0.244 e. The second-order valence-electron chi connectivity index (χ2n) is 4.94. The fourth-order valence-electron chi connectivity index (χ4n) is 1.81. The average molecular weight is 402 g/mol. The van der Waals surface area contributed by atoms with Crippen LogP contribution in [0.4, 0.5) is 0 Å². The van der Waals surface area contributed by atoms with Crippen LogP contribution in [0, 0.1) is 6.92 Å². The van der Waals surface area contributed by atoms with Crippen LogP contribution in [-0.4, -0.2) is 18.9 Å². The third-order valence-corrected chi connectivity index (χ3v) is 7.66. The van der Waals surface area contributed by atoms with E-state index in [-0.39, 0.29) is 4.90 Å². The van der Waals surface area contributed by atoms with E-state index < -0.39 is 19.8 Å². The molecule has 0 aliphatic heterocycles. The Hall–Kier alpha value is -1.18. The van der Waals surface area contributed by atoms with Crippen LogP contribution in [0.5, 0.6) is 0 Å². The second-order valence-corrected chi connectivity index (χ2v) is 9.60. The molecule has 0 amide bonds. The summed E-state index contributed by atoms with van der Waals surface area (Å²) in [7, 11) is -6.99. The van der Waals surface area contributed by atoms with Crippen LogP contribution in [-0.2, 0) is 25.1 Å². The average Bonchev–Trinajstić information content (AvgIpc) is 2.46. The van der Waals surface area contributed by atoms with E-state index in [0.717, 1.165) is 11.1 Å². The van der Waals surface area contributed by atoms with Crippen molar-refractivity contribution < 1.29 is 12.6 Å². The Morgan fingerprint density at radius 3 is 1.91 bits per heavy atom. The number of nitrogens with zero attached hydrogens (tertiary/aromatic N) is 1. The van der Waals surface area contributed by atoms with Crippen molar-refractivity contribution in [3.63, 3.8) is 0 Å². The maximum absolute atomic E-state index is 12.7. The molecule has 2 rings (SSSR count). The first-order valence-electron chi connectivity index (χ1n) is 6.45. The highest BCUT2D eigenvalue weighted by Crippen LogP contribution is 2.20. The Labute approximate surface area is 139 Å². The summed E-state index contributed by atoms with van der Waals surface area (Å²) in [5, 5.41) is 0.678. The molecule has 0 aliphatic rings. The number of aryl methyl sites for hydroxylation is 1. The Kier molecular flexibility index (Phi) is 5.09. The van der Waals surface area contributed by atoms with Crippen LogP contribution in [0.25, 0.3) is 0 Å². The van der Waals surface area contributed by atoms with Crippen molar-refractivity contribution in [3.8, 4) is 0 Å². The van der Waals surface area contributed by atoms with Gasteiger partial charge in [0.2, 0.25) is 0 Å². The van der Waals surface area contributed by atoms with Gasteiger partial charge >= 0.3 is 0 Å². The van der Waals surface area contributed by atoms with E-state index >= 15 is 0 Å². The molecule has 0 bridgehead atoms. The summed E-state index contributed by atoms with van der Waals surface area (Å²) in [6, 6.07) is 13.2. The third-order valence-electron chi connectivity index (χ3n) is 3.07. The molecule has 7 heteroatoms. The van der Waals surface area contributed by atoms with E-state index in [1.54, 1.807) is 36.4 Å². The molecule has 118 valence electrons. The lowest BCUT2D eigenvalue weighted by molar-refractivity contribution is 0.598. The van der Waals surface area contributed by atoms with Gasteiger partial charge in [0.05, 0.1) is 14.6 Å². The van der Waals surface area contributed by atoms with Gasteiger partial charge in [-0.2, -0.15) is 8.42 Å². The molecule has 2 aromatic rings. The van der Waals surface area contributed by atoms with Crippen molar-refractivity contribution >= 4 is 35.7 Å². The number of sulfonamides is 1. The predicted octanol–water partition coefficient (Wildman–Crippen LogP) is 3.74. The number of halogens is 1. The molecular formula is C15H16BrNO3S2. The van der Waals surface area contributed by atoms with Gasteiger partial charge in [0.1, 0.15) is 0 Å². The molecule has 22 heavy (non-hydrogen) atoms. The summed E-state index contributed by atoms with van der Waals surface area (Å²) >= 11 is 3.33.